The van der Waals surface area contributed by atoms with Crippen LogP contribution in [-0.2, 0) is 41.8 Å². The van der Waals surface area contributed by atoms with Gasteiger partial charge in [-0.25, -0.2) is 14.4 Å². The van der Waals surface area contributed by atoms with Gasteiger partial charge in [-0.05, 0) is 69.9 Å². The van der Waals surface area contributed by atoms with Crippen molar-refractivity contribution < 1.29 is 38.2 Å². The Balaban J connectivity index is 1.24. The van der Waals surface area contributed by atoms with Crippen LogP contribution in [0, 0.1) is 11.8 Å². The van der Waals surface area contributed by atoms with Crippen LogP contribution in [0.1, 0.15) is 70.4 Å². The molecule has 2 aliphatic rings. The van der Waals surface area contributed by atoms with Gasteiger partial charge in [-0.15, -0.1) is 0 Å². The lowest BCUT2D eigenvalue weighted by atomic mass is 9.91. The van der Waals surface area contributed by atoms with Gasteiger partial charge in [0.05, 0.1) is 5.92 Å². The maximum atomic E-state index is 13.3. The highest BCUT2D eigenvalue weighted by atomic mass is 16.6. The number of piperidine rings is 2. The molecule has 2 saturated heterocycles. The fourth-order valence-corrected chi connectivity index (χ4v) is 5.91. The summed E-state index contributed by atoms with van der Waals surface area (Å²) in [7, 11) is 0. The van der Waals surface area contributed by atoms with Gasteiger partial charge in [0.25, 0.3) is 0 Å². The summed E-state index contributed by atoms with van der Waals surface area (Å²) in [6, 6.07) is 17.1. The van der Waals surface area contributed by atoms with E-state index in [0.29, 0.717) is 44.8 Å². The van der Waals surface area contributed by atoms with E-state index in [9.17, 15) is 24.0 Å². The SMILES string of the molecule is CC(C)(C)OC(=O)N1CCC(CCC(=O)N2CCC[C@@H](C(=O)NC[C@H](NC(=O)OCc3ccccc3)C(=O)OCc3ccccc3)C2)CC1. The summed E-state index contributed by atoms with van der Waals surface area (Å²) in [5, 5.41) is 5.32. The summed E-state index contributed by atoms with van der Waals surface area (Å²) >= 11 is 0. The molecule has 266 valence electrons. The van der Waals surface area contributed by atoms with Crippen molar-refractivity contribution in [3.8, 4) is 0 Å². The Morgan fingerprint density at radius 3 is 2.04 bits per heavy atom. The number of nitrogens with one attached hydrogen (secondary N) is 2. The second-order valence-corrected chi connectivity index (χ2v) is 13.7. The summed E-state index contributed by atoms with van der Waals surface area (Å²) in [5.74, 6) is -1.10. The smallest absolute Gasteiger partial charge is 0.410 e. The van der Waals surface area contributed by atoms with E-state index < -0.39 is 29.6 Å². The fourth-order valence-electron chi connectivity index (χ4n) is 5.91. The molecule has 0 aliphatic carbocycles. The second kappa shape index (κ2) is 18.2. The highest BCUT2D eigenvalue weighted by molar-refractivity contribution is 5.84. The van der Waals surface area contributed by atoms with Crippen LogP contribution in [0.2, 0.25) is 0 Å². The number of benzene rings is 2. The molecule has 4 rings (SSSR count). The number of nitrogens with zero attached hydrogens (tertiary/aromatic N) is 2. The van der Waals surface area contributed by atoms with Gasteiger partial charge in [0, 0.05) is 39.1 Å². The van der Waals surface area contributed by atoms with Gasteiger partial charge in [-0.1, -0.05) is 60.7 Å². The minimum atomic E-state index is -1.18. The summed E-state index contributed by atoms with van der Waals surface area (Å²) < 4.78 is 16.2. The third-order valence-electron chi connectivity index (χ3n) is 8.67. The van der Waals surface area contributed by atoms with Crippen molar-refractivity contribution in [2.45, 2.75) is 84.2 Å². The first-order valence-electron chi connectivity index (χ1n) is 17.2. The average Bonchev–Trinajstić information content (AvgIpc) is 3.10. The molecule has 0 unspecified atom stereocenters. The van der Waals surface area contributed by atoms with Crippen molar-refractivity contribution in [3.63, 3.8) is 0 Å². The Morgan fingerprint density at radius 2 is 1.43 bits per heavy atom. The van der Waals surface area contributed by atoms with Gasteiger partial charge in [0.1, 0.15) is 24.9 Å². The van der Waals surface area contributed by atoms with Crippen molar-refractivity contribution in [1.82, 2.24) is 20.4 Å². The highest BCUT2D eigenvalue weighted by Crippen LogP contribution is 2.25. The minimum Gasteiger partial charge on any atom is -0.459 e. The maximum Gasteiger partial charge on any atom is 0.410 e. The van der Waals surface area contributed by atoms with Crippen LogP contribution in [0.3, 0.4) is 0 Å². The molecular formula is C37H50N4O8. The summed E-state index contributed by atoms with van der Waals surface area (Å²) in [6.45, 7) is 7.48. The van der Waals surface area contributed by atoms with E-state index in [-0.39, 0.29) is 44.2 Å². The Kier molecular flexibility index (Phi) is 13.8. The molecule has 0 bridgehead atoms. The Hall–Kier alpha value is -4.61. The third kappa shape index (κ3) is 12.7. The molecular weight excluding hydrogens is 628 g/mol. The number of alkyl carbamates (subject to hydrolysis) is 1. The highest BCUT2D eigenvalue weighted by Gasteiger charge is 2.32. The molecule has 0 aromatic heterocycles. The molecule has 4 amide bonds. The van der Waals surface area contributed by atoms with Crippen LogP contribution in [0.25, 0.3) is 0 Å². The average molecular weight is 679 g/mol. The number of hydrogen-bond acceptors (Lipinski definition) is 8. The standard InChI is InChI=1S/C37H50N4O8/c1-37(2,3)49-36(46)40-21-18-27(19-22-40)16-17-32(42)41-20-10-15-30(24-41)33(43)38-23-31(34(44)47-25-28-11-6-4-7-12-28)39-35(45)48-26-29-13-8-5-9-14-29/h4-9,11-14,27,30-31H,10,15-26H2,1-3H3,(H,38,43)(H,39,45)/t30-,31+/m1/s1. The molecule has 49 heavy (non-hydrogen) atoms. The van der Waals surface area contributed by atoms with Gasteiger partial charge in [-0.2, -0.15) is 0 Å². The zero-order chi connectivity index (χ0) is 35.2. The largest absolute Gasteiger partial charge is 0.459 e. The summed E-state index contributed by atoms with van der Waals surface area (Å²) in [6.07, 6.45) is 2.93. The van der Waals surface area contributed by atoms with E-state index >= 15 is 0 Å². The van der Waals surface area contributed by atoms with Crippen LogP contribution < -0.4 is 10.6 Å². The van der Waals surface area contributed by atoms with Crippen LogP contribution >= 0.6 is 0 Å². The first-order chi connectivity index (χ1) is 23.5. The molecule has 2 aromatic carbocycles. The van der Waals surface area contributed by atoms with Crippen LogP contribution in [0.5, 0.6) is 0 Å². The molecule has 2 N–H and O–H groups in total. The zero-order valence-electron chi connectivity index (χ0n) is 28.9. The van der Waals surface area contributed by atoms with Crippen LogP contribution in [0.4, 0.5) is 9.59 Å². The van der Waals surface area contributed by atoms with Gasteiger partial charge < -0.3 is 34.6 Å². The quantitative estimate of drug-likeness (QED) is 0.241. The minimum absolute atomic E-state index is 0.00735. The second-order valence-electron chi connectivity index (χ2n) is 13.7. The maximum absolute atomic E-state index is 13.3. The van der Waals surface area contributed by atoms with E-state index in [1.165, 1.54) is 0 Å². The van der Waals surface area contributed by atoms with E-state index in [2.05, 4.69) is 10.6 Å². The number of hydrogen-bond donors (Lipinski definition) is 2. The predicted molar refractivity (Wildman–Crippen MR) is 182 cm³/mol. The van der Waals surface area contributed by atoms with Gasteiger partial charge >= 0.3 is 18.2 Å². The monoisotopic (exact) mass is 678 g/mol. The molecule has 12 nitrogen and oxygen atoms in total. The lowest BCUT2D eigenvalue weighted by molar-refractivity contribution is -0.147. The molecule has 2 heterocycles. The molecule has 2 atom stereocenters. The molecule has 0 spiro atoms. The summed E-state index contributed by atoms with van der Waals surface area (Å²) in [5.41, 5.74) is 1.03. The number of ether oxygens (including phenoxy) is 3. The third-order valence-corrected chi connectivity index (χ3v) is 8.67. The van der Waals surface area contributed by atoms with E-state index in [0.717, 1.165) is 30.4 Å². The number of amides is 4. The predicted octanol–water partition coefficient (Wildman–Crippen LogP) is 4.81. The first kappa shape index (κ1) is 37.2. The van der Waals surface area contributed by atoms with Crippen molar-refractivity contribution in [3.05, 3.63) is 71.8 Å². The van der Waals surface area contributed by atoms with E-state index in [4.69, 9.17) is 14.2 Å². The molecule has 12 heteroatoms. The molecule has 2 aromatic rings. The van der Waals surface area contributed by atoms with Gasteiger partial charge in [0.2, 0.25) is 11.8 Å². The Bertz CT molecular complexity index is 1390. The van der Waals surface area contributed by atoms with Crippen molar-refractivity contribution in [1.29, 1.82) is 0 Å². The van der Waals surface area contributed by atoms with Gasteiger partial charge in [-0.3, -0.25) is 9.59 Å². The lowest BCUT2D eigenvalue weighted by Crippen LogP contribution is -2.51. The van der Waals surface area contributed by atoms with Crippen LogP contribution in [0.15, 0.2) is 60.7 Å². The molecule has 0 saturated carbocycles. The first-order valence-corrected chi connectivity index (χ1v) is 17.2. The molecule has 2 aliphatic heterocycles. The Labute approximate surface area is 288 Å². The zero-order valence-corrected chi connectivity index (χ0v) is 28.9. The summed E-state index contributed by atoms with van der Waals surface area (Å²) in [4.78, 5) is 67.9. The number of carbonyl (C=O) groups is 5. The number of likely N-dealkylation sites (tertiary alicyclic amines) is 2. The van der Waals surface area contributed by atoms with Crippen molar-refractivity contribution in [2.75, 3.05) is 32.7 Å². The topological polar surface area (TPSA) is 144 Å². The van der Waals surface area contributed by atoms with Gasteiger partial charge in [0.15, 0.2) is 0 Å². The fraction of sp³-hybridized carbons (Fsp3) is 0.541. The molecule has 0 radical (unpaired) electrons. The van der Waals surface area contributed by atoms with E-state index in [1.807, 2.05) is 81.4 Å². The number of esters is 1. The normalized spacial score (nSPS) is 17.4. The van der Waals surface area contributed by atoms with Crippen molar-refractivity contribution in [2.24, 2.45) is 11.8 Å². The number of rotatable bonds is 12. The van der Waals surface area contributed by atoms with Crippen molar-refractivity contribution >= 4 is 30.0 Å². The Morgan fingerprint density at radius 1 is 0.816 bits per heavy atom. The lowest BCUT2D eigenvalue weighted by Gasteiger charge is -2.34. The number of carbonyl (C=O) groups excluding carboxylic acids is 5. The van der Waals surface area contributed by atoms with Crippen LogP contribution in [-0.4, -0.2) is 84.1 Å². The molecule has 2 fully saturated rings. The van der Waals surface area contributed by atoms with E-state index in [1.54, 1.807) is 9.80 Å².